The maximum absolute atomic E-state index is 12.6. The highest BCUT2D eigenvalue weighted by atomic mass is 32.1. The molecular formula is C19H23N3O3S. The molecule has 138 valence electrons. The number of hydrogen-bond acceptors (Lipinski definition) is 6. The first-order valence-corrected chi connectivity index (χ1v) is 9.72. The molecule has 0 bridgehead atoms. The van der Waals surface area contributed by atoms with E-state index >= 15 is 0 Å². The summed E-state index contributed by atoms with van der Waals surface area (Å²) >= 11 is 1.75. The number of hydrogen-bond donors (Lipinski definition) is 1. The van der Waals surface area contributed by atoms with Crippen LogP contribution in [-0.2, 0) is 0 Å². The van der Waals surface area contributed by atoms with E-state index in [2.05, 4.69) is 39.7 Å². The number of carbonyl (C=O) groups excluding carboxylic acids is 1. The normalized spacial score (nSPS) is 18.7. The molecule has 0 spiro atoms. The van der Waals surface area contributed by atoms with Gasteiger partial charge in [-0.1, -0.05) is 6.07 Å². The number of likely N-dealkylation sites (N-methyl/N-ethyl adjacent to an activating group) is 1. The molecule has 1 N–H and O–H groups in total. The van der Waals surface area contributed by atoms with E-state index in [1.165, 1.54) is 4.88 Å². The lowest BCUT2D eigenvalue weighted by Crippen LogP contribution is -2.48. The van der Waals surface area contributed by atoms with Gasteiger partial charge in [-0.3, -0.25) is 9.69 Å². The molecule has 1 amide bonds. The summed E-state index contributed by atoms with van der Waals surface area (Å²) in [6.07, 6.45) is 0. The standard InChI is InChI=1S/C19H23N3O3S/c1-21-6-8-22(9-7-21)15(18-3-2-10-26-18)12-20-19(23)14-4-5-16-17(11-14)25-13-24-16/h2-5,10-11,15H,6-9,12-13H2,1H3,(H,20,23). The van der Waals surface area contributed by atoms with Gasteiger partial charge in [-0.05, 0) is 36.7 Å². The van der Waals surface area contributed by atoms with Crippen molar-refractivity contribution in [2.75, 3.05) is 46.6 Å². The molecule has 0 aliphatic carbocycles. The lowest BCUT2D eigenvalue weighted by Gasteiger charge is -2.37. The molecule has 1 atom stereocenters. The predicted molar refractivity (Wildman–Crippen MR) is 101 cm³/mol. The zero-order valence-corrected chi connectivity index (χ0v) is 15.6. The molecule has 4 rings (SSSR count). The number of benzene rings is 1. The van der Waals surface area contributed by atoms with Crippen LogP contribution in [-0.4, -0.2) is 62.3 Å². The minimum absolute atomic E-state index is 0.0843. The van der Waals surface area contributed by atoms with Gasteiger partial charge in [-0.2, -0.15) is 0 Å². The fourth-order valence-corrected chi connectivity index (χ4v) is 4.21. The number of amides is 1. The Morgan fingerprint density at radius 2 is 2.00 bits per heavy atom. The fourth-order valence-electron chi connectivity index (χ4n) is 3.35. The summed E-state index contributed by atoms with van der Waals surface area (Å²) in [6.45, 7) is 4.94. The summed E-state index contributed by atoms with van der Waals surface area (Å²) in [4.78, 5) is 18.7. The van der Waals surface area contributed by atoms with Crippen LogP contribution in [0.2, 0.25) is 0 Å². The van der Waals surface area contributed by atoms with E-state index in [0.29, 0.717) is 23.6 Å². The van der Waals surface area contributed by atoms with Gasteiger partial charge in [0.15, 0.2) is 11.5 Å². The van der Waals surface area contributed by atoms with Crippen LogP contribution in [0.1, 0.15) is 21.3 Å². The van der Waals surface area contributed by atoms with Crippen LogP contribution in [0.5, 0.6) is 11.5 Å². The summed E-state index contributed by atoms with van der Waals surface area (Å²) in [5.74, 6) is 1.24. The molecule has 2 aliphatic rings. The topological polar surface area (TPSA) is 54.0 Å². The molecular weight excluding hydrogens is 350 g/mol. The van der Waals surface area contributed by atoms with Gasteiger partial charge >= 0.3 is 0 Å². The number of carbonyl (C=O) groups is 1. The maximum atomic E-state index is 12.6. The smallest absolute Gasteiger partial charge is 0.251 e. The van der Waals surface area contributed by atoms with Crippen molar-refractivity contribution in [2.24, 2.45) is 0 Å². The van der Waals surface area contributed by atoms with Gasteiger partial charge in [0.2, 0.25) is 6.79 Å². The number of thiophene rings is 1. The van der Waals surface area contributed by atoms with Gasteiger partial charge in [0, 0.05) is 43.2 Å². The van der Waals surface area contributed by atoms with Gasteiger partial charge < -0.3 is 19.7 Å². The SMILES string of the molecule is CN1CCN(C(CNC(=O)c2ccc3c(c2)OCO3)c2cccs2)CC1. The molecule has 6 nitrogen and oxygen atoms in total. The van der Waals surface area contributed by atoms with Crippen molar-refractivity contribution >= 4 is 17.2 Å². The lowest BCUT2D eigenvalue weighted by atomic mass is 10.1. The summed E-state index contributed by atoms with van der Waals surface area (Å²) < 4.78 is 10.7. The first kappa shape index (κ1) is 17.3. The summed E-state index contributed by atoms with van der Waals surface area (Å²) in [6, 6.07) is 9.74. The third-order valence-electron chi connectivity index (χ3n) is 4.94. The van der Waals surface area contributed by atoms with E-state index in [0.717, 1.165) is 26.2 Å². The molecule has 0 radical (unpaired) electrons. The first-order valence-electron chi connectivity index (χ1n) is 8.84. The molecule has 2 aliphatic heterocycles. The van der Waals surface area contributed by atoms with Crippen molar-refractivity contribution < 1.29 is 14.3 Å². The van der Waals surface area contributed by atoms with Crippen LogP contribution in [0.25, 0.3) is 0 Å². The Hall–Kier alpha value is -2.09. The van der Waals surface area contributed by atoms with Gasteiger partial charge in [0.05, 0.1) is 6.04 Å². The van der Waals surface area contributed by atoms with Crippen LogP contribution in [0.3, 0.4) is 0 Å². The van der Waals surface area contributed by atoms with Crippen molar-refractivity contribution in [1.82, 2.24) is 15.1 Å². The average Bonchev–Trinajstić information content (AvgIpc) is 3.34. The number of nitrogens with zero attached hydrogens (tertiary/aromatic N) is 2. The van der Waals surface area contributed by atoms with E-state index < -0.39 is 0 Å². The van der Waals surface area contributed by atoms with Gasteiger partial charge in [-0.15, -0.1) is 11.3 Å². The molecule has 3 heterocycles. The number of piperazine rings is 1. The zero-order chi connectivity index (χ0) is 17.9. The van der Waals surface area contributed by atoms with E-state index in [1.807, 2.05) is 0 Å². The Balaban J connectivity index is 1.43. The van der Waals surface area contributed by atoms with Gasteiger partial charge in [-0.25, -0.2) is 0 Å². The highest BCUT2D eigenvalue weighted by Crippen LogP contribution is 2.32. The molecule has 1 unspecified atom stereocenters. The molecule has 2 aromatic rings. The summed E-state index contributed by atoms with van der Waals surface area (Å²) in [5.41, 5.74) is 0.595. The fraction of sp³-hybridized carbons (Fsp3) is 0.421. The molecule has 0 saturated carbocycles. The van der Waals surface area contributed by atoms with Crippen molar-refractivity contribution in [3.8, 4) is 11.5 Å². The average molecular weight is 373 g/mol. The maximum Gasteiger partial charge on any atom is 0.251 e. The Bertz CT molecular complexity index is 757. The molecule has 1 aromatic carbocycles. The summed E-state index contributed by atoms with van der Waals surface area (Å²) in [5, 5.41) is 5.20. The Morgan fingerprint density at radius 1 is 1.19 bits per heavy atom. The van der Waals surface area contributed by atoms with E-state index in [9.17, 15) is 4.79 Å². The molecule has 1 aromatic heterocycles. The number of fused-ring (bicyclic) bond motifs is 1. The molecule has 1 fully saturated rings. The third-order valence-corrected chi connectivity index (χ3v) is 5.91. The molecule has 26 heavy (non-hydrogen) atoms. The first-order chi connectivity index (χ1) is 12.7. The third kappa shape index (κ3) is 3.70. The highest BCUT2D eigenvalue weighted by molar-refractivity contribution is 7.10. The van der Waals surface area contributed by atoms with E-state index in [4.69, 9.17) is 9.47 Å². The summed E-state index contributed by atoms with van der Waals surface area (Å²) in [7, 11) is 2.15. The second-order valence-corrected chi connectivity index (χ2v) is 7.63. The number of rotatable bonds is 5. The van der Waals surface area contributed by atoms with Crippen molar-refractivity contribution in [3.63, 3.8) is 0 Å². The van der Waals surface area contributed by atoms with E-state index in [1.54, 1.807) is 29.5 Å². The van der Waals surface area contributed by atoms with Crippen LogP contribution in [0, 0.1) is 0 Å². The Labute approximate surface area is 157 Å². The van der Waals surface area contributed by atoms with Crippen LogP contribution >= 0.6 is 11.3 Å². The zero-order valence-electron chi connectivity index (χ0n) is 14.8. The number of ether oxygens (including phenoxy) is 2. The lowest BCUT2D eigenvalue weighted by molar-refractivity contribution is 0.0889. The molecule has 1 saturated heterocycles. The van der Waals surface area contributed by atoms with Crippen molar-refractivity contribution in [1.29, 1.82) is 0 Å². The predicted octanol–water partition coefficient (Wildman–Crippen LogP) is 2.20. The monoisotopic (exact) mass is 373 g/mol. The van der Waals surface area contributed by atoms with Crippen LogP contribution < -0.4 is 14.8 Å². The van der Waals surface area contributed by atoms with Crippen molar-refractivity contribution in [2.45, 2.75) is 6.04 Å². The quantitative estimate of drug-likeness (QED) is 0.871. The largest absolute Gasteiger partial charge is 0.454 e. The second-order valence-electron chi connectivity index (χ2n) is 6.65. The van der Waals surface area contributed by atoms with E-state index in [-0.39, 0.29) is 18.7 Å². The Morgan fingerprint density at radius 3 is 2.77 bits per heavy atom. The van der Waals surface area contributed by atoms with Crippen molar-refractivity contribution in [3.05, 3.63) is 46.2 Å². The van der Waals surface area contributed by atoms with Crippen LogP contribution in [0.15, 0.2) is 35.7 Å². The number of nitrogens with one attached hydrogen (secondary N) is 1. The molecule has 7 heteroatoms. The second kappa shape index (κ2) is 7.65. The minimum atomic E-state index is -0.0843. The highest BCUT2D eigenvalue weighted by Gasteiger charge is 2.25. The Kier molecular flexibility index (Phi) is 5.10. The minimum Gasteiger partial charge on any atom is -0.454 e. The van der Waals surface area contributed by atoms with Crippen LogP contribution in [0.4, 0.5) is 0 Å². The van der Waals surface area contributed by atoms with Gasteiger partial charge in [0.25, 0.3) is 5.91 Å². The van der Waals surface area contributed by atoms with Gasteiger partial charge in [0.1, 0.15) is 0 Å².